The number of methoxy groups -OCH3 is 2. The van der Waals surface area contributed by atoms with Gasteiger partial charge in [0.15, 0.2) is 5.78 Å². The third-order valence-electron chi connectivity index (χ3n) is 6.86. The minimum Gasteiger partial charge on any atom is -0.496 e. The smallest absolute Gasteiger partial charge is 0.254 e. The normalized spacial score (nSPS) is 11.5. The van der Waals surface area contributed by atoms with Crippen LogP contribution in [-0.4, -0.2) is 97.3 Å². The lowest BCUT2D eigenvalue weighted by Gasteiger charge is -2.23. The van der Waals surface area contributed by atoms with E-state index in [4.69, 9.17) is 9.47 Å². The van der Waals surface area contributed by atoms with E-state index >= 15 is 0 Å². The maximum Gasteiger partial charge on any atom is 0.254 e. The van der Waals surface area contributed by atoms with Gasteiger partial charge in [-0.15, -0.1) is 11.3 Å². The van der Waals surface area contributed by atoms with Gasteiger partial charge in [0.25, 0.3) is 5.91 Å². The molecule has 0 radical (unpaired) electrons. The number of rotatable bonds is 17. The molecule has 234 valence electrons. The van der Waals surface area contributed by atoms with Gasteiger partial charge in [-0.25, -0.2) is 13.4 Å². The molecule has 0 aliphatic heterocycles. The number of thiazole rings is 1. The summed E-state index contributed by atoms with van der Waals surface area (Å²) in [5, 5.41) is 18.9. The van der Waals surface area contributed by atoms with Crippen LogP contribution in [0.5, 0.6) is 11.5 Å². The Morgan fingerprint density at radius 2 is 1.56 bits per heavy atom. The van der Waals surface area contributed by atoms with Crippen LogP contribution in [0.15, 0.2) is 42.5 Å². The Kier molecular flexibility index (Phi) is 12.6. The lowest BCUT2D eigenvalue weighted by Crippen LogP contribution is -2.39. The van der Waals surface area contributed by atoms with E-state index in [0.717, 1.165) is 21.9 Å². The Morgan fingerprint density at radius 3 is 2.12 bits per heavy atom. The van der Waals surface area contributed by atoms with E-state index in [0.29, 0.717) is 39.9 Å². The molecule has 0 aliphatic carbocycles. The fraction of sp³-hybridized carbons (Fsp3) is 0.433. The summed E-state index contributed by atoms with van der Waals surface area (Å²) in [6.07, 6.45) is 1.43. The Labute approximate surface area is 256 Å². The molecular weight excluding hydrogens is 594 g/mol. The predicted octanol–water partition coefficient (Wildman–Crippen LogP) is 2.85. The Morgan fingerprint density at radius 1 is 0.953 bits per heavy atom. The van der Waals surface area contributed by atoms with Crippen molar-refractivity contribution < 1.29 is 37.7 Å². The number of sulfonamides is 1. The molecule has 13 heteroatoms. The molecule has 0 spiro atoms. The number of amides is 1. The second-order valence-corrected chi connectivity index (χ2v) is 13.1. The van der Waals surface area contributed by atoms with Gasteiger partial charge in [0.05, 0.1) is 34.0 Å². The van der Waals surface area contributed by atoms with Gasteiger partial charge < -0.3 is 24.6 Å². The monoisotopic (exact) mass is 633 g/mol. The summed E-state index contributed by atoms with van der Waals surface area (Å²) in [6, 6.07) is 13.3. The molecule has 0 aliphatic rings. The van der Waals surface area contributed by atoms with Crippen LogP contribution < -0.4 is 9.47 Å². The number of nitrogens with zero attached hydrogens (tertiary/aromatic N) is 3. The van der Waals surface area contributed by atoms with Crippen LogP contribution in [-0.2, 0) is 23.0 Å². The summed E-state index contributed by atoms with van der Waals surface area (Å²) < 4.78 is 37.4. The first-order valence-corrected chi connectivity index (χ1v) is 16.2. The Hall–Kier alpha value is -3.36. The van der Waals surface area contributed by atoms with Crippen molar-refractivity contribution in [3.8, 4) is 11.5 Å². The highest BCUT2D eigenvalue weighted by Crippen LogP contribution is 2.30. The third kappa shape index (κ3) is 9.07. The van der Waals surface area contributed by atoms with Crippen molar-refractivity contribution in [1.29, 1.82) is 0 Å². The number of ketones is 1. The number of carbonyl (C=O) groups is 2. The molecule has 11 nitrogen and oxygen atoms in total. The summed E-state index contributed by atoms with van der Waals surface area (Å²) >= 11 is 1.22. The molecule has 0 saturated carbocycles. The number of benzene rings is 2. The number of carbonyl (C=O) groups excluding carboxylic acids is 2. The quantitative estimate of drug-likeness (QED) is 0.214. The maximum atomic E-state index is 13.8. The standard InChI is InChI=1S/C30H39N3O8S2/c1-21-26(40-3)17-24(18-27(21)41-4)30(37)32(12-8-11-23-9-6-5-7-10-23)19-28-31-29(22(2)42-28)25(36)20-43(38,39)33(13-15-34)14-16-35/h5-7,9-10,17-18,34-35H,8,11-16,19-20H2,1-4H3. The van der Waals surface area contributed by atoms with Gasteiger partial charge >= 0.3 is 0 Å². The van der Waals surface area contributed by atoms with Crippen molar-refractivity contribution in [2.24, 2.45) is 0 Å². The molecule has 3 rings (SSSR count). The number of hydrogen-bond donors (Lipinski definition) is 2. The molecular formula is C30H39N3O8S2. The second kappa shape index (κ2) is 15.9. The Balaban J connectivity index is 1.87. The van der Waals surface area contributed by atoms with Crippen LogP contribution in [0.1, 0.15) is 48.3 Å². The largest absolute Gasteiger partial charge is 0.496 e. The Bertz CT molecular complexity index is 1460. The van der Waals surface area contributed by atoms with Crippen LogP contribution in [0.2, 0.25) is 0 Å². The van der Waals surface area contributed by atoms with Gasteiger partial charge in [-0.1, -0.05) is 30.3 Å². The van der Waals surface area contributed by atoms with Crippen LogP contribution in [0.25, 0.3) is 0 Å². The average Bonchev–Trinajstić information content (AvgIpc) is 3.36. The number of aryl methyl sites for hydroxylation is 2. The highest BCUT2D eigenvalue weighted by Gasteiger charge is 2.28. The summed E-state index contributed by atoms with van der Waals surface area (Å²) in [6.45, 7) is 2.68. The number of Topliss-reactive ketones (excluding diaryl/α,β-unsaturated/α-hetero) is 1. The molecule has 3 aromatic rings. The van der Waals surface area contributed by atoms with Gasteiger partial charge in [0.1, 0.15) is 28.0 Å². The number of aliphatic hydroxyl groups excluding tert-OH is 2. The molecule has 0 bridgehead atoms. The fourth-order valence-corrected chi connectivity index (χ4v) is 6.98. The van der Waals surface area contributed by atoms with Crippen LogP contribution in [0.3, 0.4) is 0 Å². The molecule has 43 heavy (non-hydrogen) atoms. The molecule has 0 saturated heterocycles. The van der Waals surface area contributed by atoms with Gasteiger partial charge in [-0.2, -0.15) is 4.31 Å². The zero-order chi connectivity index (χ0) is 31.6. The van der Waals surface area contributed by atoms with Crippen molar-refractivity contribution >= 4 is 33.1 Å². The van der Waals surface area contributed by atoms with Crippen LogP contribution in [0, 0.1) is 13.8 Å². The maximum absolute atomic E-state index is 13.8. The predicted molar refractivity (Wildman–Crippen MR) is 164 cm³/mol. The van der Waals surface area contributed by atoms with Gasteiger partial charge in [0, 0.05) is 35.6 Å². The fourth-order valence-electron chi connectivity index (χ4n) is 4.64. The van der Waals surface area contributed by atoms with Gasteiger partial charge in [0.2, 0.25) is 10.0 Å². The first kappa shape index (κ1) is 34.1. The van der Waals surface area contributed by atoms with E-state index in [1.165, 1.54) is 25.6 Å². The van der Waals surface area contributed by atoms with E-state index in [-0.39, 0.29) is 31.2 Å². The minimum atomic E-state index is -4.09. The second-order valence-electron chi connectivity index (χ2n) is 9.86. The van der Waals surface area contributed by atoms with Crippen molar-refractivity contribution in [3.05, 3.63) is 74.7 Å². The summed E-state index contributed by atoms with van der Waals surface area (Å²) in [5.41, 5.74) is 2.31. The molecule has 0 unspecified atom stereocenters. The molecule has 2 aromatic carbocycles. The SMILES string of the molecule is COc1cc(C(=O)N(CCCc2ccccc2)Cc2nc(C(=O)CS(=O)(=O)N(CCO)CCO)c(C)s2)cc(OC)c1C. The van der Waals surface area contributed by atoms with E-state index in [1.807, 2.05) is 37.3 Å². The van der Waals surface area contributed by atoms with Crippen LogP contribution in [0.4, 0.5) is 0 Å². The van der Waals surface area contributed by atoms with E-state index < -0.39 is 34.8 Å². The minimum absolute atomic E-state index is 0.0203. The molecule has 2 N–H and O–H groups in total. The molecule has 1 aromatic heterocycles. The number of ether oxygens (including phenoxy) is 2. The van der Waals surface area contributed by atoms with Crippen molar-refractivity contribution in [3.63, 3.8) is 0 Å². The lowest BCUT2D eigenvalue weighted by atomic mass is 10.1. The first-order valence-electron chi connectivity index (χ1n) is 13.8. The lowest BCUT2D eigenvalue weighted by molar-refractivity contribution is 0.0740. The van der Waals surface area contributed by atoms with Crippen LogP contribution >= 0.6 is 11.3 Å². The summed E-state index contributed by atoms with van der Waals surface area (Å²) in [7, 11) is -1.04. The zero-order valence-electron chi connectivity index (χ0n) is 24.9. The zero-order valence-corrected chi connectivity index (χ0v) is 26.5. The highest BCUT2D eigenvalue weighted by atomic mass is 32.2. The number of hydrogen-bond acceptors (Lipinski definition) is 10. The summed E-state index contributed by atoms with van der Waals surface area (Å²) in [4.78, 5) is 33.5. The number of aromatic nitrogens is 1. The van der Waals surface area contributed by atoms with Gasteiger partial charge in [-0.05, 0) is 44.4 Å². The summed E-state index contributed by atoms with van der Waals surface area (Å²) in [5.74, 6) is -0.780. The van der Waals surface area contributed by atoms with E-state index in [2.05, 4.69) is 4.98 Å². The topological polar surface area (TPSA) is 147 Å². The van der Waals surface area contributed by atoms with Crippen molar-refractivity contribution in [2.45, 2.75) is 33.2 Å². The third-order valence-corrected chi connectivity index (χ3v) is 9.59. The van der Waals surface area contributed by atoms with Crippen molar-refractivity contribution in [2.75, 3.05) is 52.8 Å². The highest BCUT2D eigenvalue weighted by molar-refractivity contribution is 7.89. The number of aliphatic hydroxyl groups is 2. The van der Waals surface area contributed by atoms with E-state index in [9.17, 15) is 28.2 Å². The first-order chi connectivity index (χ1) is 20.5. The molecule has 1 heterocycles. The molecule has 0 atom stereocenters. The average molecular weight is 634 g/mol. The van der Waals surface area contributed by atoms with E-state index in [1.54, 1.807) is 24.0 Å². The van der Waals surface area contributed by atoms with Gasteiger partial charge in [-0.3, -0.25) is 9.59 Å². The van der Waals surface area contributed by atoms with Crippen molar-refractivity contribution in [1.82, 2.24) is 14.2 Å². The molecule has 1 amide bonds. The molecule has 0 fully saturated rings.